The van der Waals surface area contributed by atoms with Crippen molar-refractivity contribution in [2.75, 3.05) is 6.54 Å². The molecule has 0 radical (unpaired) electrons. The molecule has 0 spiro atoms. The molecule has 1 amide bonds. The van der Waals surface area contributed by atoms with E-state index in [0.717, 1.165) is 23.1 Å². The minimum atomic E-state index is -2.71. The molecule has 3 aromatic rings. The van der Waals surface area contributed by atoms with Crippen molar-refractivity contribution in [2.45, 2.75) is 51.6 Å². The first-order valence-corrected chi connectivity index (χ1v) is 10.2. The highest BCUT2D eigenvalue weighted by Gasteiger charge is 2.32. The lowest BCUT2D eigenvalue weighted by atomic mass is 10.0. The molecule has 0 bridgehead atoms. The van der Waals surface area contributed by atoms with Crippen LogP contribution >= 0.6 is 0 Å². The minimum absolute atomic E-state index is 0.263. The van der Waals surface area contributed by atoms with Gasteiger partial charge in [-0.15, -0.1) is 0 Å². The molecule has 1 aliphatic heterocycles. The Morgan fingerprint density at radius 3 is 2.90 bits per heavy atom. The standard InChI is InChI=1S/C22H23F3N4O2/c1-14-9-19(21(24)25)29(27-14)13-20(30)28-8-3-2-7-18(28)22-26-12-17(31-22)11-15-5-4-6-16(23)10-15/h4-6,9-10,12,18,21H,2-3,7-8,11,13H2,1H3/t18-/m0/s1. The molecule has 164 valence electrons. The normalized spacial score (nSPS) is 16.8. The van der Waals surface area contributed by atoms with Crippen molar-refractivity contribution < 1.29 is 22.4 Å². The Labute approximate surface area is 177 Å². The summed E-state index contributed by atoms with van der Waals surface area (Å²) in [6, 6.07) is 7.17. The van der Waals surface area contributed by atoms with Gasteiger partial charge >= 0.3 is 0 Å². The number of aromatic nitrogens is 3. The Hall–Kier alpha value is -3.10. The Morgan fingerprint density at radius 2 is 2.13 bits per heavy atom. The summed E-state index contributed by atoms with van der Waals surface area (Å²) in [6.45, 7) is 1.85. The van der Waals surface area contributed by atoms with Crippen molar-refractivity contribution >= 4 is 5.91 Å². The zero-order valence-electron chi connectivity index (χ0n) is 17.1. The maximum atomic E-state index is 13.4. The van der Waals surface area contributed by atoms with Crippen LogP contribution in [0.4, 0.5) is 13.2 Å². The van der Waals surface area contributed by atoms with E-state index < -0.39 is 6.43 Å². The second kappa shape index (κ2) is 8.95. The van der Waals surface area contributed by atoms with Crippen LogP contribution in [0.2, 0.25) is 0 Å². The topological polar surface area (TPSA) is 64.2 Å². The Kier molecular flexibility index (Phi) is 6.11. The van der Waals surface area contributed by atoms with E-state index in [1.807, 2.05) is 0 Å². The molecule has 4 rings (SSSR count). The van der Waals surface area contributed by atoms with E-state index in [1.165, 1.54) is 18.2 Å². The highest BCUT2D eigenvalue weighted by atomic mass is 19.3. The van der Waals surface area contributed by atoms with Crippen LogP contribution in [0.1, 0.15) is 60.3 Å². The van der Waals surface area contributed by atoms with Crippen LogP contribution in [-0.4, -0.2) is 32.1 Å². The number of hydrogen-bond donors (Lipinski definition) is 0. The number of oxazole rings is 1. The van der Waals surface area contributed by atoms with E-state index in [2.05, 4.69) is 10.1 Å². The third-order valence-corrected chi connectivity index (χ3v) is 5.39. The van der Waals surface area contributed by atoms with E-state index in [9.17, 15) is 18.0 Å². The molecule has 0 saturated carbocycles. The summed E-state index contributed by atoms with van der Waals surface area (Å²) < 4.78 is 46.9. The number of benzene rings is 1. The maximum Gasteiger partial charge on any atom is 0.280 e. The van der Waals surface area contributed by atoms with Crippen molar-refractivity contribution in [2.24, 2.45) is 0 Å². The monoisotopic (exact) mass is 432 g/mol. The molecule has 1 aromatic carbocycles. The number of hydrogen-bond acceptors (Lipinski definition) is 4. The molecule has 9 heteroatoms. The van der Waals surface area contributed by atoms with Crippen molar-refractivity contribution in [3.63, 3.8) is 0 Å². The predicted molar refractivity (Wildman–Crippen MR) is 106 cm³/mol. The molecule has 6 nitrogen and oxygen atoms in total. The fraction of sp³-hybridized carbons (Fsp3) is 0.409. The Balaban J connectivity index is 1.50. The predicted octanol–water partition coefficient (Wildman–Crippen LogP) is 4.60. The van der Waals surface area contributed by atoms with Crippen molar-refractivity contribution in [1.82, 2.24) is 19.7 Å². The van der Waals surface area contributed by atoms with Gasteiger partial charge in [-0.2, -0.15) is 5.10 Å². The third-order valence-electron chi connectivity index (χ3n) is 5.39. The lowest BCUT2D eigenvalue weighted by molar-refractivity contribution is -0.136. The van der Waals surface area contributed by atoms with Gasteiger partial charge in [-0.05, 0) is 49.9 Å². The van der Waals surface area contributed by atoms with Crippen LogP contribution in [0.25, 0.3) is 0 Å². The van der Waals surface area contributed by atoms with Gasteiger partial charge < -0.3 is 9.32 Å². The van der Waals surface area contributed by atoms with E-state index in [0.29, 0.717) is 36.7 Å². The van der Waals surface area contributed by atoms with Crippen LogP contribution in [0.3, 0.4) is 0 Å². The zero-order chi connectivity index (χ0) is 22.0. The smallest absolute Gasteiger partial charge is 0.280 e. The van der Waals surface area contributed by atoms with Gasteiger partial charge in [-0.1, -0.05) is 12.1 Å². The number of likely N-dealkylation sites (tertiary alicyclic amines) is 1. The average Bonchev–Trinajstić information content (AvgIpc) is 3.34. The molecule has 2 aromatic heterocycles. The molecular weight excluding hydrogens is 409 g/mol. The number of carbonyl (C=O) groups is 1. The lowest BCUT2D eigenvalue weighted by Crippen LogP contribution is -2.40. The van der Waals surface area contributed by atoms with E-state index in [-0.39, 0.29) is 30.0 Å². The number of aryl methyl sites for hydroxylation is 1. The number of carbonyl (C=O) groups excluding carboxylic acids is 1. The molecule has 1 fully saturated rings. The van der Waals surface area contributed by atoms with Gasteiger partial charge in [-0.25, -0.2) is 18.2 Å². The SMILES string of the molecule is Cc1cc(C(F)F)n(CC(=O)N2CCCC[C@H]2c2ncc(Cc3cccc(F)c3)o2)n1. The lowest BCUT2D eigenvalue weighted by Gasteiger charge is -2.34. The van der Waals surface area contributed by atoms with Gasteiger partial charge in [0, 0.05) is 13.0 Å². The van der Waals surface area contributed by atoms with Crippen molar-refractivity contribution in [1.29, 1.82) is 0 Å². The summed E-state index contributed by atoms with van der Waals surface area (Å²) in [5.41, 5.74) is 0.925. The molecule has 0 unspecified atom stereocenters. The second-order valence-electron chi connectivity index (χ2n) is 7.74. The number of amides is 1. The summed E-state index contributed by atoms with van der Waals surface area (Å²) in [5.74, 6) is 0.351. The summed E-state index contributed by atoms with van der Waals surface area (Å²) in [6.07, 6.45) is 1.66. The average molecular weight is 432 g/mol. The van der Waals surface area contributed by atoms with Gasteiger partial charge in [0.05, 0.1) is 11.9 Å². The van der Waals surface area contributed by atoms with Crippen LogP contribution < -0.4 is 0 Å². The Morgan fingerprint density at radius 1 is 1.29 bits per heavy atom. The molecular formula is C22H23F3N4O2. The highest BCUT2D eigenvalue weighted by molar-refractivity contribution is 5.76. The summed E-state index contributed by atoms with van der Waals surface area (Å²) in [5, 5.41) is 4.04. The maximum absolute atomic E-state index is 13.4. The van der Waals surface area contributed by atoms with Crippen LogP contribution in [0.15, 0.2) is 40.9 Å². The fourth-order valence-corrected chi connectivity index (χ4v) is 3.98. The van der Waals surface area contributed by atoms with Gasteiger partial charge in [0.1, 0.15) is 29.9 Å². The van der Waals surface area contributed by atoms with E-state index >= 15 is 0 Å². The molecule has 1 aliphatic rings. The van der Waals surface area contributed by atoms with Crippen LogP contribution in [-0.2, 0) is 17.8 Å². The number of alkyl halides is 2. The first kappa shape index (κ1) is 21.1. The van der Waals surface area contributed by atoms with Gasteiger partial charge in [0.25, 0.3) is 6.43 Å². The van der Waals surface area contributed by atoms with Crippen LogP contribution in [0.5, 0.6) is 0 Å². The highest BCUT2D eigenvalue weighted by Crippen LogP contribution is 2.31. The van der Waals surface area contributed by atoms with E-state index in [1.54, 1.807) is 30.2 Å². The fourth-order valence-electron chi connectivity index (χ4n) is 3.98. The first-order chi connectivity index (χ1) is 14.9. The molecule has 0 aliphatic carbocycles. The molecule has 1 atom stereocenters. The van der Waals surface area contributed by atoms with Gasteiger partial charge in [0.2, 0.25) is 11.8 Å². The van der Waals surface area contributed by atoms with Crippen molar-refractivity contribution in [3.8, 4) is 0 Å². The summed E-state index contributed by atoms with van der Waals surface area (Å²) in [4.78, 5) is 19.0. The zero-order valence-corrected chi connectivity index (χ0v) is 17.1. The van der Waals surface area contributed by atoms with Crippen LogP contribution in [0, 0.1) is 12.7 Å². The number of nitrogens with zero attached hydrogens (tertiary/aromatic N) is 4. The third kappa shape index (κ3) is 4.81. The minimum Gasteiger partial charge on any atom is -0.443 e. The molecule has 31 heavy (non-hydrogen) atoms. The first-order valence-electron chi connectivity index (χ1n) is 10.2. The summed E-state index contributed by atoms with van der Waals surface area (Å²) >= 11 is 0. The van der Waals surface area contributed by atoms with Crippen molar-refractivity contribution in [3.05, 3.63) is 70.9 Å². The molecule has 1 saturated heterocycles. The van der Waals surface area contributed by atoms with Gasteiger partial charge in [0.15, 0.2) is 0 Å². The van der Waals surface area contributed by atoms with E-state index in [4.69, 9.17) is 4.42 Å². The quantitative estimate of drug-likeness (QED) is 0.571. The number of halogens is 3. The number of rotatable bonds is 6. The Bertz CT molecular complexity index is 1060. The summed E-state index contributed by atoms with van der Waals surface area (Å²) in [7, 11) is 0. The number of piperidine rings is 1. The second-order valence-corrected chi connectivity index (χ2v) is 7.74. The molecule has 3 heterocycles. The van der Waals surface area contributed by atoms with Gasteiger partial charge in [-0.3, -0.25) is 9.48 Å². The molecule has 0 N–H and O–H groups in total. The largest absolute Gasteiger partial charge is 0.443 e.